The number of rotatable bonds is 3. The molecule has 1 spiro atoms. The van der Waals surface area contributed by atoms with Crippen LogP contribution in [-0.4, -0.2) is 52.8 Å². The number of likely N-dealkylation sites (tertiary alicyclic amines) is 2. The van der Waals surface area contributed by atoms with Crippen LogP contribution in [0, 0.1) is 5.41 Å². The van der Waals surface area contributed by atoms with Gasteiger partial charge in [0.1, 0.15) is 0 Å². The first-order valence-electron chi connectivity index (χ1n) is 9.88. The predicted molar refractivity (Wildman–Crippen MR) is 104 cm³/mol. The number of benzene rings is 1. The van der Waals surface area contributed by atoms with E-state index in [2.05, 4.69) is 24.0 Å². The molecule has 2 aliphatic heterocycles. The molecule has 2 saturated heterocycles. The Balaban J connectivity index is 1.51. The summed E-state index contributed by atoms with van der Waals surface area (Å²) in [4.78, 5) is 32.5. The highest BCUT2D eigenvalue weighted by atomic mass is 16.2. The fourth-order valence-electron chi connectivity index (χ4n) is 4.69. The number of carbonyl (C=O) groups excluding carboxylic acids is 2. The lowest BCUT2D eigenvalue weighted by Gasteiger charge is -2.49. The van der Waals surface area contributed by atoms with E-state index in [1.165, 1.54) is 0 Å². The fourth-order valence-corrected chi connectivity index (χ4v) is 4.69. The Morgan fingerprint density at radius 1 is 1.19 bits per heavy atom. The van der Waals surface area contributed by atoms with Crippen molar-refractivity contribution in [2.24, 2.45) is 5.41 Å². The number of aromatic amines is 1. The first kappa shape index (κ1) is 17.8. The molecule has 0 radical (unpaired) electrons. The van der Waals surface area contributed by atoms with Gasteiger partial charge in [0, 0.05) is 38.6 Å². The summed E-state index contributed by atoms with van der Waals surface area (Å²) in [7, 11) is 0. The highest BCUT2D eigenvalue weighted by Gasteiger charge is 2.46. The molecule has 4 rings (SSSR count). The van der Waals surface area contributed by atoms with Crippen LogP contribution in [0.5, 0.6) is 0 Å². The molecule has 0 bridgehead atoms. The SMILES string of the molecule is CCN1CC2(CCN(C(=O)c3cc[nH]c3)CC2)C[C@H](c2ccccc2)C1=O. The minimum absolute atomic E-state index is 0.0631. The number of amides is 2. The van der Waals surface area contributed by atoms with Crippen molar-refractivity contribution < 1.29 is 9.59 Å². The molecule has 5 nitrogen and oxygen atoms in total. The van der Waals surface area contributed by atoms with Gasteiger partial charge in [0.2, 0.25) is 5.91 Å². The van der Waals surface area contributed by atoms with E-state index in [-0.39, 0.29) is 23.1 Å². The number of piperidine rings is 2. The number of H-pyrrole nitrogens is 1. The van der Waals surface area contributed by atoms with Gasteiger partial charge < -0.3 is 14.8 Å². The molecule has 142 valence electrons. The summed E-state index contributed by atoms with van der Waals surface area (Å²) in [6, 6.07) is 12.0. The van der Waals surface area contributed by atoms with Crippen molar-refractivity contribution in [2.75, 3.05) is 26.2 Å². The highest BCUT2D eigenvalue weighted by molar-refractivity contribution is 5.94. The third-order valence-corrected chi connectivity index (χ3v) is 6.31. The Kier molecular flexibility index (Phi) is 4.77. The number of aromatic nitrogens is 1. The van der Waals surface area contributed by atoms with Crippen LogP contribution in [-0.2, 0) is 4.79 Å². The van der Waals surface area contributed by atoms with E-state index < -0.39 is 0 Å². The van der Waals surface area contributed by atoms with E-state index in [0.29, 0.717) is 0 Å². The molecule has 2 amide bonds. The van der Waals surface area contributed by atoms with E-state index in [4.69, 9.17) is 0 Å². The van der Waals surface area contributed by atoms with Gasteiger partial charge in [-0.2, -0.15) is 0 Å². The van der Waals surface area contributed by atoms with Crippen LogP contribution in [0.2, 0.25) is 0 Å². The molecular formula is C22H27N3O2. The monoisotopic (exact) mass is 365 g/mol. The van der Waals surface area contributed by atoms with Crippen LogP contribution in [0.25, 0.3) is 0 Å². The minimum atomic E-state index is -0.0631. The first-order valence-corrected chi connectivity index (χ1v) is 9.88. The first-order chi connectivity index (χ1) is 13.1. The Hall–Kier alpha value is -2.56. The summed E-state index contributed by atoms with van der Waals surface area (Å²) >= 11 is 0. The molecule has 1 N–H and O–H groups in total. The number of carbonyl (C=O) groups is 2. The smallest absolute Gasteiger partial charge is 0.255 e. The van der Waals surface area contributed by atoms with E-state index in [0.717, 1.165) is 56.6 Å². The molecule has 1 aromatic heterocycles. The molecule has 5 heteroatoms. The van der Waals surface area contributed by atoms with Crippen molar-refractivity contribution in [2.45, 2.75) is 32.1 Å². The normalized spacial score (nSPS) is 22.3. The van der Waals surface area contributed by atoms with Gasteiger partial charge in [-0.15, -0.1) is 0 Å². The second kappa shape index (κ2) is 7.22. The zero-order chi connectivity index (χ0) is 18.9. The number of likely N-dealkylation sites (N-methyl/N-ethyl adjacent to an activating group) is 1. The third-order valence-electron chi connectivity index (χ3n) is 6.31. The van der Waals surface area contributed by atoms with Gasteiger partial charge in [0.05, 0.1) is 11.5 Å². The standard InChI is InChI=1S/C22H27N3O2/c1-2-24-16-22(14-19(21(24)27)17-6-4-3-5-7-17)9-12-25(13-10-22)20(26)18-8-11-23-15-18/h3-8,11,15,19,23H,2,9-10,12-14,16H2,1H3/t19-/m1/s1. The number of hydrogen-bond acceptors (Lipinski definition) is 2. The van der Waals surface area contributed by atoms with Gasteiger partial charge in [-0.05, 0) is 43.2 Å². The molecule has 1 aromatic carbocycles. The zero-order valence-corrected chi connectivity index (χ0v) is 15.9. The fraction of sp³-hybridized carbons (Fsp3) is 0.455. The van der Waals surface area contributed by atoms with Gasteiger partial charge in [-0.1, -0.05) is 30.3 Å². The second-order valence-corrected chi connectivity index (χ2v) is 7.91. The lowest BCUT2D eigenvalue weighted by atomic mass is 9.67. The molecule has 27 heavy (non-hydrogen) atoms. The van der Waals surface area contributed by atoms with Gasteiger partial charge in [-0.25, -0.2) is 0 Å². The molecule has 1 atom stereocenters. The Morgan fingerprint density at radius 3 is 2.56 bits per heavy atom. The maximum Gasteiger partial charge on any atom is 0.255 e. The Morgan fingerprint density at radius 2 is 1.93 bits per heavy atom. The van der Waals surface area contributed by atoms with Crippen molar-refractivity contribution in [1.29, 1.82) is 0 Å². The maximum absolute atomic E-state index is 13.0. The van der Waals surface area contributed by atoms with Gasteiger partial charge in [0.25, 0.3) is 5.91 Å². The van der Waals surface area contributed by atoms with Crippen LogP contribution >= 0.6 is 0 Å². The van der Waals surface area contributed by atoms with Crippen molar-refractivity contribution in [3.8, 4) is 0 Å². The molecular weight excluding hydrogens is 338 g/mol. The molecule has 2 aliphatic rings. The third kappa shape index (κ3) is 3.38. The van der Waals surface area contributed by atoms with Crippen LogP contribution in [0.4, 0.5) is 0 Å². The largest absolute Gasteiger partial charge is 0.367 e. The van der Waals surface area contributed by atoms with Gasteiger partial charge in [0.15, 0.2) is 0 Å². The summed E-state index contributed by atoms with van der Waals surface area (Å²) in [5.74, 6) is 0.289. The van der Waals surface area contributed by atoms with Crippen molar-refractivity contribution in [3.05, 3.63) is 59.9 Å². The number of nitrogens with zero attached hydrogens (tertiary/aromatic N) is 2. The van der Waals surface area contributed by atoms with Crippen LogP contribution in [0.1, 0.15) is 48.0 Å². The van der Waals surface area contributed by atoms with E-state index in [9.17, 15) is 9.59 Å². The average molecular weight is 365 g/mol. The zero-order valence-electron chi connectivity index (χ0n) is 15.9. The van der Waals surface area contributed by atoms with Crippen molar-refractivity contribution >= 4 is 11.8 Å². The maximum atomic E-state index is 13.0. The minimum Gasteiger partial charge on any atom is -0.367 e. The molecule has 0 unspecified atom stereocenters. The molecule has 3 heterocycles. The van der Waals surface area contributed by atoms with Crippen molar-refractivity contribution in [3.63, 3.8) is 0 Å². The molecule has 0 saturated carbocycles. The lowest BCUT2D eigenvalue weighted by molar-refractivity contribution is -0.141. The molecule has 2 aromatic rings. The van der Waals surface area contributed by atoms with Crippen molar-refractivity contribution in [1.82, 2.24) is 14.8 Å². The summed E-state index contributed by atoms with van der Waals surface area (Å²) in [5, 5.41) is 0. The summed E-state index contributed by atoms with van der Waals surface area (Å²) in [5.41, 5.74) is 1.95. The Labute approximate surface area is 160 Å². The summed E-state index contributed by atoms with van der Waals surface area (Å²) in [6.07, 6.45) is 6.34. The van der Waals surface area contributed by atoms with E-state index in [1.54, 1.807) is 12.4 Å². The van der Waals surface area contributed by atoms with Crippen LogP contribution < -0.4 is 0 Å². The van der Waals surface area contributed by atoms with Crippen LogP contribution in [0.3, 0.4) is 0 Å². The van der Waals surface area contributed by atoms with E-state index >= 15 is 0 Å². The molecule has 2 fully saturated rings. The van der Waals surface area contributed by atoms with Crippen LogP contribution in [0.15, 0.2) is 48.8 Å². The topological polar surface area (TPSA) is 56.4 Å². The van der Waals surface area contributed by atoms with E-state index in [1.807, 2.05) is 34.1 Å². The Bertz CT molecular complexity index is 792. The lowest BCUT2D eigenvalue weighted by Crippen LogP contribution is -2.54. The van der Waals surface area contributed by atoms with Gasteiger partial charge in [-0.3, -0.25) is 9.59 Å². The predicted octanol–water partition coefficient (Wildman–Crippen LogP) is 3.27. The quantitative estimate of drug-likeness (QED) is 0.908. The molecule has 0 aliphatic carbocycles. The second-order valence-electron chi connectivity index (χ2n) is 7.91. The number of nitrogens with one attached hydrogen (secondary N) is 1. The summed E-state index contributed by atoms with van der Waals surface area (Å²) in [6.45, 7) is 5.14. The highest BCUT2D eigenvalue weighted by Crippen LogP contribution is 2.45. The number of hydrogen-bond donors (Lipinski definition) is 1. The van der Waals surface area contributed by atoms with Gasteiger partial charge >= 0.3 is 0 Å². The summed E-state index contributed by atoms with van der Waals surface area (Å²) < 4.78 is 0. The average Bonchev–Trinajstić information content (AvgIpc) is 3.25.